The summed E-state index contributed by atoms with van der Waals surface area (Å²) in [6.45, 7) is 0. The average Bonchev–Trinajstić information content (AvgIpc) is 2.06. The van der Waals surface area contributed by atoms with Crippen LogP contribution in [0.2, 0.25) is 0 Å². The molecule has 1 aromatic carbocycles. The van der Waals surface area contributed by atoms with Gasteiger partial charge in [-0.3, -0.25) is 0 Å². The molecule has 0 unspecified atom stereocenters. The van der Waals surface area contributed by atoms with Crippen molar-refractivity contribution >= 4 is 12.4 Å². The number of hydrogen-bond acceptors (Lipinski definition) is 1. The van der Waals surface area contributed by atoms with Gasteiger partial charge < -0.3 is 5.32 Å². The van der Waals surface area contributed by atoms with Crippen LogP contribution in [0.25, 0.3) is 0 Å². The van der Waals surface area contributed by atoms with Crippen LogP contribution in [-0.2, 0) is 0 Å². The summed E-state index contributed by atoms with van der Waals surface area (Å²) in [4.78, 5) is 0. The second kappa shape index (κ2) is 4.76. The molecule has 1 aromatic rings. The predicted octanol–water partition coefficient (Wildman–Crippen LogP) is 2.71. The fraction of sp³-hybridized carbons (Fsp3) is 0.455. The Balaban J connectivity index is 0.000000980. The number of benzene rings is 1. The molecule has 78 valence electrons. The summed E-state index contributed by atoms with van der Waals surface area (Å²) in [6, 6.07) is 7.54. The van der Waals surface area contributed by atoms with Crippen molar-refractivity contribution in [2.75, 3.05) is 7.05 Å². The molecule has 0 atom stereocenters. The Labute approximate surface area is 90.1 Å². The Morgan fingerprint density at radius 3 is 2.29 bits per heavy atom. The SMILES string of the molecule is CNC1CC(c2ccc(F)cc2)C1.Cl. The van der Waals surface area contributed by atoms with Gasteiger partial charge in [-0.15, -0.1) is 12.4 Å². The molecule has 0 aliphatic heterocycles. The van der Waals surface area contributed by atoms with E-state index in [1.165, 1.54) is 18.4 Å². The Kier molecular flexibility index (Phi) is 3.90. The lowest BCUT2D eigenvalue weighted by atomic mass is 9.76. The molecule has 14 heavy (non-hydrogen) atoms. The average molecular weight is 216 g/mol. The van der Waals surface area contributed by atoms with Gasteiger partial charge in [-0.1, -0.05) is 12.1 Å². The molecule has 1 aliphatic carbocycles. The van der Waals surface area contributed by atoms with Gasteiger partial charge in [0.15, 0.2) is 0 Å². The van der Waals surface area contributed by atoms with Crippen molar-refractivity contribution in [1.29, 1.82) is 0 Å². The van der Waals surface area contributed by atoms with Crippen LogP contribution in [0.4, 0.5) is 4.39 Å². The second-order valence-corrected chi connectivity index (χ2v) is 3.71. The fourth-order valence-electron chi connectivity index (χ4n) is 1.86. The predicted molar refractivity (Wildman–Crippen MR) is 58.5 cm³/mol. The topological polar surface area (TPSA) is 12.0 Å². The van der Waals surface area contributed by atoms with E-state index < -0.39 is 0 Å². The van der Waals surface area contributed by atoms with Crippen LogP contribution in [0.5, 0.6) is 0 Å². The minimum Gasteiger partial charge on any atom is -0.317 e. The zero-order valence-corrected chi connectivity index (χ0v) is 8.98. The van der Waals surface area contributed by atoms with Crippen LogP contribution in [0, 0.1) is 5.82 Å². The van der Waals surface area contributed by atoms with E-state index in [1.807, 2.05) is 19.2 Å². The van der Waals surface area contributed by atoms with Crippen molar-refractivity contribution in [2.45, 2.75) is 24.8 Å². The third-order valence-corrected chi connectivity index (χ3v) is 2.89. The third-order valence-electron chi connectivity index (χ3n) is 2.89. The van der Waals surface area contributed by atoms with Crippen molar-refractivity contribution in [2.24, 2.45) is 0 Å². The first kappa shape index (κ1) is 11.5. The molecule has 0 heterocycles. The molecule has 0 spiro atoms. The van der Waals surface area contributed by atoms with Gasteiger partial charge in [-0.2, -0.15) is 0 Å². The van der Waals surface area contributed by atoms with Gasteiger partial charge in [-0.25, -0.2) is 4.39 Å². The van der Waals surface area contributed by atoms with Crippen molar-refractivity contribution in [3.05, 3.63) is 35.6 Å². The molecule has 3 heteroatoms. The minimum atomic E-state index is -0.145. The van der Waals surface area contributed by atoms with E-state index in [0.717, 1.165) is 0 Å². The molecule has 2 rings (SSSR count). The maximum absolute atomic E-state index is 12.6. The molecule has 1 nitrogen and oxygen atoms in total. The first-order valence-electron chi connectivity index (χ1n) is 4.72. The maximum atomic E-state index is 12.6. The smallest absolute Gasteiger partial charge is 0.123 e. The summed E-state index contributed by atoms with van der Waals surface area (Å²) in [5.41, 5.74) is 1.27. The van der Waals surface area contributed by atoms with Crippen molar-refractivity contribution < 1.29 is 4.39 Å². The first-order chi connectivity index (χ1) is 6.29. The number of halogens is 2. The first-order valence-corrected chi connectivity index (χ1v) is 4.72. The van der Waals surface area contributed by atoms with Gasteiger partial charge in [0.05, 0.1) is 0 Å². The molecule has 0 aromatic heterocycles. The molecule has 1 fully saturated rings. The number of rotatable bonds is 2. The molecule has 1 saturated carbocycles. The fourth-order valence-corrected chi connectivity index (χ4v) is 1.86. The summed E-state index contributed by atoms with van der Waals surface area (Å²) in [5.74, 6) is 0.492. The van der Waals surface area contributed by atoms with Gasteiger partial charge >= 0.3 is 0 Å². The monoisotopic (exact) mass is 215 g/mol. The molecular formula is C11H15ClFN. The third kappa shape index (κ3) is 2.25. The normalized spacial score (nSPS) is 25.0. The number of hydrogen-bond donors (Lipinski definition) is 1. The van der Waals surface area contributed by atoms with E-state index in [4.69, 9.17) is 0 Å². The van der Waals surface area contributed by atoms with E-state index >= 15 is 0 Å². The Bertz CT molecular complexity index is 280. The summed E-state index contributed by atoms with van der Waals surface area (Å²) < 4.78 is 12.6. The van der Waals surface area contributed by atoms with E-state index in [1.54, 1.807) is 12.1 Å². The molecular weight excluding hydrogens is 201 g/mol. The highest BCUT2D eigenvalue weighted by atomic mass is 35.5. The van der Waals surface area contributed by atoms with E-state index in [9.17, 15) is 4.39 Å². The lowest BCUT2D eigenvalue weighted by Crippen LogP contribution is -2.37. The van der Waals surface area contributed by atoms with Gasteiger partial charge in [-0.05, 0) is 43.5 Å². The van der Waals surface area contributed by atoms with E-state index in [-0.39, 0.29) is 18.2 Å². The number of nitrogens with one attached hydrogen (secondary N) is 1. The van der Waals surface area contributed by atoms with Gasteiger partial charge in [0.2, 0.25) is 0 Å². The van der Waals surface area contributed by atoms with Crippen LogP contribution in [-0.4, -0.2) is 13.1 Å². The van der Waals surface area contributed by atoms with Crippen LogP contribution >= 0.6 is 12.4 Å². The van der Waals surface area contributed by atoms with E-state index in [2.05, 4.69) is 5.32 Å². The van der Waals surface area contributed by atoms with E-state index in [0.29, 0.717) is 12.0 Å². The maximum Gasteiger partial charge on any atom is 0.123 e. The largest absolute Gasteiger partial charge is 0.317 e. The van der Waals surface area contributed by atoms with Gasteiger partial charge in [0.25, 0.3) is 0 Å². The molecule has 0 radical (unpaired) electrons. The van der Waals surface area contributed by atoms with Crippen molar-refractivity contribution in [1.82, 2.24) is 5.32 Å². The lowest BCUT2D eigenvalue weighted by molar-refractivity contribution is 0.307. The highest BCUT2D eigenvalue weighted by Gasteiger charge is 2.28. The summed E-state index contributed by atoms with van der Waals surface area (Å²) in [7, 11) is 1.99. The quantitative estimate of drug-likeness (QED) is 0.800. The zero-order valence-electron chi connectivity index (χ0n) is 8.16. The highest BCUT2D eigenvalue weighted by Crippen LogP contribution is 2.36. The van der Waals surface area contributed by atoms with Crippen LogP contribution < -0.4 is 5.32 Å². The lowest BCUT2D eigenvalue weighted by Gasteiger charge is -2.35. The van der Waals surface area contributed by atoms with Crippen molar-refractivity contribution in [3.63, 3.8) is 0 Å². The molecule has 1 aliphatic rings. The second-order valence-electron chi connectivity index (χ2n) is 3.71. The molecule has 1 N–H and O–H groups in total. The van der Waals surface area contributed by atoms with Crippen LogP contribution in [0.15, 0.2) is 24.3 Å². The summed E-state index contributed by atoms with van der Waals surface area (Å²) in [5, 5.41) is 3.24. The van der Waals surface area contributed by atoms with Crippen LogP contribution in [0.1, 0.15) is 24.3 Å². The van der Waals surface area contributed by atoms with Gasteiger partial charge in [0.1, 0.15) is 5.82 Å². The Hall–Kier alpha value is -0.600. The summed E-state index contributed by atoms with van der Waals surface area (Å²) in [6.07, 6.45) is 2.37. The molecule has 0 amide bonds. The Morgan fingerprint density at radius 2 is 1.79 bits per heavy atom. The zero-order chi connectivity index (χ0) is 9.26. The molecule has 0 saturated heterocycles. The van der Waals surface area contributed by atoms with Crippen molar-refractivity contribution in [3.8, 4) is 0 Å². The molecule has 0 bridgehead atoms. The highest BCUT2D eigenvalue weighted by molar-refractivity contribution is 5.85. The van der Waals surface area contributed by atoms with Crippen LogP contribution in [0.3, 0.4) is 0 Å². The summed E-state index contributed by atoms with van der Waals surface area (Å²) >= 11 is 0. The Morgan fingerprint density at radius 1 is 1.21 bits per heavy atom. The van der Waals surface area contributed by atoms with Gasteiger partial charge in [0, 0.05) is 6.04 Å². The standard InChI is InChI=1S/C11H14FN.ClH/c1-13-11-6-9(7-11)8-2-4-10(12)5-3-8;/h2-5,9,11,13H,6-7H2,1H3;1H. The minimum absolute atomic E-state index is 0.